The average Bonchev–Trinajstić information content (AvgIpc) is 2.94. The number of aryl methyl sites for hydroxylation is 2. The maximum atomic E-state index is 12.9. The van der Waals surface area contributed by atoms with E-state index in [0.717, 1.165) is 34.1 Å². The molecule has 0 N–H and O–H groups in total. The van der Waals surface area contributed by atoms with Crippen LogP contribution in [0.1, 0.15) is 49.0 Å². The van der Waals surface area contributed by atoms with Gasteiger partial charge in [-0.05, 0) is 51.0 Å². The van der Waals surface area contributed by atoms with Crippen LogP contribution in [0.15, 0.2) is 11.4 Å². The monoisotopic (exact) mass is 375 g/mol. The molecular formula is C19H25N3OS2. The Labute approximate surface area is 157 Å². The van der Waals surface area contributed by atoms with E-state index in [4.69, 9.17) is 0 Å². The minimum atomic E-state index is 0.290. The van der Waals surface area contributed by atoms with Gasteiger partial charge in [0, 0.05) is 22.8 Å². The highest BCUT2D eigenvalue weighted by molar-refractivity contribution is 8.00. The number of nitrogens with zero attached hydrogens (tertiary/aromatic N) is 3. The van der Waals surface area contributed by atoms with Gasteiger partial charge in [0.1, 0.15) is 16.2 Å². The molecule has 0 bridgehead atoms. The summed E-state index contributed by atoms with van der Waals surface area (Å²) >= 11 is 3.29. The summed E-state index contributed by atoms with van der Waals surface area (Å²) in [6.45, 7) is 5.19. The van der Waals surface area contributed by atoms with E-state index in [2.05, 4.69) is 28.7 Å². The van der Waals surface area contributed by atoms with E-state index in [1.807, 2.05) is 0 Å². The smallest absolute Gasteiger partial charge is 0.233 e. The molecule has 0 unspecified atom stereocenters. The van der Waals surface area contributed by atoms with Gasteiger partial charge in [0.2, 0.25) is 5.91 Å². The lowest BCUT2D eigenvalue weighted by Gasteiger charge is -2.44. The maximum Gasteiger partial charge on any atom is 0.233 e. The van der Waals surface area contributed by atoms with Crippen LogP contribution >= 0.6 is 23.1 Å². The number of likely N-dealkylation sites (tertiary alicyclic amines) is 1. The van der Waals surface area contributed by atoms with Gasteiger partial charge in [0.25, 0.3) is 0 Å². The number of hydrogen-bond acceptors (Lipinski definition) is 5. The second kappa shape index (κ2) is 7.23. The molecule has 2 atom stereocenters. The molecule has 1 aliphatic carbocycles. The summed E-state index contributed by atoms with van der Waals surface area (Å²) in [4.78, 5) is 26.3. The molecule has 4 rings (SSSR count). The van der Waals surface area contributed by atoms with Crippen molar-refractivity contribution in [1.29, 1.82) is 0 Å². The summed E-state index contributed by atoms with van der Waals surface area (Å²) in [5.41, 5.74) is 1.25. The number of piperidine rings is 1. The number of carbonyl (C=O) groups excluding carboxylic acids is 1. The van der Waals surface area contributed by atoms with Crippen LogP contribution in [-0.4, -0.2) is 39.1 Å². The van der Waals surface area contributed by atoms with E-state index in [-0.39, 0.29) is 5.91 Å². The molecule has 1 saturated heterocycles. The van der Waals surface area contributed by atoms with Crippen molar-refractivity contribution in [2.24, 2.45) is 5.92 Å². The highest BCUT2D eigenvalue weighted by Gasteiger charge is 2.35. The molecule has 0 spiro atoms. The first-order valence-electron chi connectivity index (χ1n) is 9.28. The largest absolute Gasteiger partial charge is 0.339 e. The van der Waals surface area contributed by atoms with Crippen LogP contribution in [0.2, 0.25) is 0 Å². The molecule has 2 aromatic rings. The zero-order chi connectivity index (χ0) is 17.4. The Hall–Kier alpha value is -1.14. The lowest BCUT2D eigenvalue weighted by atomic mass is 9.78. The van der Waals surface area contributed by atoms with Crippen molar-refractivity contribution < 1.29 is 4.79 Å². The molecule has 2 aromatic heterocycles. The number of carbonyl (C=O) groups is 1. The summed E-state index contributed by atoms with van der Waals surface area (Å²) < 4.78 is 0. The first kappa shape index (κ1) is 17.3. The predicted molar refractivity (Wildman–Crippen MR) is 104 cm³/mol. The van der Waals surface area contributed by atoms with E-state index >= 15 is 0 Å². The van der Waals surface area contributed by atoms with E-state index < -0.39 is 0 Å². The van der Waals surface area contributed by atoms with E-state index in [1.165, 1.54) is 42.5 Å². The highest BCUT2D eigenvalue weighted by atomic mass is 32.2. The minimum absolute atomic E-state index is 0.290. The number of fused-ring (bicyclic) bond motifs is 2. The molecule has 2 aliphatic rings. The molecule has 25 heavy (non-hydrogen) atoms. The Balaban J connectivity index is 1.49. The normalized spacial score (nSPS) is 23.7. The van der Waals surface area contributed by atoms with Crippen LogP contribution in [0.5, 0.6) is 0 Å². The Morgan fingerprint density at radius 3 is 2.92 bits per heavy atom. The van der Waals surface area contributed by atoms with Crippen LogP contribution in [0.3, 0.4) is 0 Å². The second-order valence-electron chi connectivity index (χ2n) is 7.27. The van der Waals surface area contributed by atoms with Gasteiger partial charge in [0.05, 0.1) is 5.75 Å². The van der Waals surface area contributed by atoms with E-state index in [1.54, 1.807) is 29.4 Å². The first-order valence-corrected chi connectivity index (χ1v) is 11.1. The first-order chi connectivity index (χ1) is 12.1. The molecule has 3 heterocycles. The molecule has 2 fully saturated rings. The summed E-state index contributed by atoms with van der Waals surface area (Å²) in [7, 11) is 0. The minimum Gasteiger partial charge on any atom is -0.339 e. The number of rotatable bonds is 3. The Bertz CT molecular complexity index is 786. The summed E-state index contributed by atoms with van der Waals surface area (Å²) in [5.74, 6) is 1.52. The van der Waals surface area contributed by atoms with Crippen molar-refractivity contribution >= 4 is 39.2 Å². The molecule has 0 radical (unpaired) electrons. The maximum absolute atomic E-state index is 12.9. The van der Waals surface area contributed by atoms with Crippen molar-refractivity contribution in [2.75, 3.05) is 12.3 Å². The molecule has 0 aromatic carbocycles. The molecule has 1 saturated carbocycles. The van der Waals surface area contributed by atoms with Gasteiger partial charge in [-0.25, -0.2) is 9.97 Å². The van der Waals surface area contributed by atoms with Crippen molar-refractivity contribution in [3.63, 3.8) is 0 Å². The molecule has 6 heteroatoms. The summed E-state index contributed by atoms with van der Waals surface area (Å²) in [5, 5.41) is 2.09. The zero-order valence-corrected chi connectivity index (χ0v) is 16.6. The van der Waals surface area contributed by atoms with Crippen LogP contribution in [-0.2, 0) is 4.79 Å². The van der Waals surface area contributed by atoms with Gasteiger partial charge in [-0.3, -0.25) is 4.79 Å². The third-order valence-corrected chi connectivity index (χ3v) is 7.92. The number of aromatic nitrogens is 2. The lowest BCUT2D eigenvalue weighted by Crippen LogP contribution is -2.50. The van der Waals surface area contributed by atoms with E-state index in [0.29, 0.717) is 11.8 Å². The molecular weight excluding hydrogens is 350 g/mol. The number of thiophene rings is 1. The van der Waals surface area contributed by atoms with Gasteiger partial charge < -0.3 is 4.90 Å². The van der Waals surface area contributed by atoms with Gasteiger partial charge in [0.15, 0.2) is 0 Å². The highest BCUT2D eigenvalue weighted by Crippen LogP contribution is 2.37. The van der Waals surface area contributed by atoms with Gasteiger partial charge in [-0.2, -0.15) is 0 Å². The van der Waals surface area contributed by atoms with Gasteiger partial charge in [-0.1, -0.05) is 24.6 Å². The van der Waals surface area contributed by atoms with Gasteiger partial charge >= 0.3 is 0 Å². The number of amides is 1. The fraction of sp³-hybridized carbons (Fsp3) is 0.632. The fourth-order valence-electron chi connectivity index (χ4n) is 4.41. The Morgan fingerprint density at radius 1 is 1.24 bits per heavy atom. The van der Waals surface area contributed by atoms with E-state index in [9.17, 15) is 4.79 Å². The Morgan fingerprint density at radius 2 is 2.04 bits per heavy atom. The lowest BCUT2D eigenvalue weighted by molar-refractivity contribution is -0.134. The van der Waals surface area contributed by atoms with Crippen LogP contribution in [0.25, 0.3) is 10.2 Å². The van der Waals surface area contributed by atoms with Crippen molar-refractivity contribution in [3.05, 3.63) is 16.8 Å². The molecule has 1 aliphatic heterocycles. The molecule has 134 valence electrons. The van der Waals surface area contributed by atoms with Crippen molar-refractivity contribution in [2.45, 2.75) is 63.4 Å². The summed E-state index contributed by atoms with van der Waals surface area (Å²) in [6, 6.07) is 0.492. The van der Waals surface area contributed by atoms with Crippen molar-refractivity contribution in [3.8, 4) is 0 Å². The molecule has 4 nitrogen and oxygen atoms in total. The Kier molecular flexibility index (Phi) is 5.00. The average molecular weight is 376 g/mol. The quantitative estimate of drug-likeness (QED) is 0.582. The molecule has 1 amide bonds. The topological polar surface area (TPSA) is 46.1 Å². The third kappa shape index (κ3) is 3.31. The fourth-order valence-corrected chi connectivity index (χ4v) is 6.41. The zero-order valence-electron chi connectivity index (χ0n) is 15.0. The van der Waals surface area contributed by atoms with Crippen LogP contribution in [0.4, 0.5) is 0 Å². The number of thioether (sulfide) groups is 1. The SMILES string of the molecule is Cc1sc2ncnc(SCC(=O)N3CCC[C@H]4CCCC[C@@H]43)c2c1C. The van der Waals surface area contributed by atoms with Crippen molar-refractivity contribution in [1.82, 2.24) is 14.9 Å². The second-order valence-corrected chi connectivity index (χ2v) is 9.44. The van der Waals surface area contributed by atoms with Crippen LogP contribution in [0, 0.1) is 19.8 Å². The third-order valence-electron chi connectivity index (χ3n) is 5.83. The predicted octanol–water partition coefficient (Wildman–Crippen LogP) is 4.58. The van der Waals surface area contributed by atoms with Crippen LogP contribution < -0.4 is 0 Å². The standard InChI is InChI=1S/C19H25N3OS2/c1-12-13(2)25-19-17(12)18(20-11-21-19)24-10-16(23)22-9-5-7-14-6-3-4-8-15(14)22/h11,14-15H,3-10H2,1-2H3/t14-,15+/m1/s1. The summed E-state index contributed by atoms with van der Waals surface area (Å²) in [6.07, 6.45) is 9.22. The van der Waals surface area contributed by atoms with Gasteiger partial charge in [-0.15, -0.1) is 11.3 Å². The number of hydrogen-bond donors (Lipinski definition) is 0.